The Kier molecular flexibility index (Phi) is 12.9. The minimum absolute atomic E-state index is 0.137. The molecule has 0 unspecified atom stereocenters. The second kappa shape index (κ2) is 16.6. The maximum absolute atomic E-state index is 12.1. The molecule has 0 heterocycles. The van der Waals surface area contributed by atoms with Gasteiger partial charge in [0.15, 0.2) is 0 Å². The van der Waals surface area contributed by atoms with Crippen LogP contribution in [-0.2, 0) is 22.6 Å². The van der Waals surface area contributed by atoms with E-state index in [1.807, 2.05) is 54.6 Å². The standard InChI is InChI=1S/C34H46NO4/c1-35(2,3)31-19-17-29(18-20-31)27-34(36)38-26-14-9-7-5-4-6-8-13-25-37-32-21-23-33(24-22-32)39-28-30-15-11-10-12-16-30/h10-12,15-24H,4-9,13-14,25-28H2,1-3H3/q+1. The van der Waals surface area contributed by atoms with E-state index in [0.29, 0.717) is 19.6 Å². The number of nitrogens with zero attached hydrogens (tertiary/aromatic N) is 1. The number of carbonyl (C=O) groups is 1. The van der Waals surface area contributed by atoms with E-state index in [-0.39, 0.29) is 5.97 Å². The maximum atomic E-state index is 12.1. The molecule has 0 aliphatic heterocycles. The SMILES string of the molecule is C[N+](C)(C)c1ccc(CC(=O)OCCCCCCCCCCOc2ccc(OCc3ccccc3)cc2)cc1. The monoisotopic (exact) mass is 532 g/mol. The average molecular weight is 533 g/mol. The number of rotatable bonds is 18. The second-order valence-corrected chi connectivity index (χ2v) is 11.0. The number of benzene rings is 3. The fraction of sp³-hybridized carbons (Fsp3) is 0.441. The molecule has 5 heteroatoms. The van der Waals surface area contributed by atoms with E-state index in [2.05, 4.69) is 45.4 Å². The van der Waals surface area contributed by atoms with Gasteiger partial charge in [0.1, 0.15) is 23.8 Å². The van der Waals surface area contributed by atoms with Crippen LogP contribution in [0.2, 0.25) is 0 Å². The van der Waals surface area contributed by atoms with E-state index >= 15 is 0 Å². The number of esters is 1. The molecular weight excluding hydrogens is 486 g/mol. The van der Waals surface area contributed by atoms with Gasteiger partial charge in [-0.25, -0.2) is 0 Å². The van der Waals surface area contributed by atoms with Gasteiger partial charge in [-0.3, -0.25) is 9.28 Å². The summed E-state index contributed by atoms with van der Waals surface area (Å²) in [6.07, 6.45) is 9.56. The van der Waals surface area contributed by atoms with Crippen molar-refractivity contribution in [3.63, 3.8) is 0 Å². The van der Waals surface area contributed by atoms with Gasteiger partial charge in [0.25, 0.3) is 0 Å². The predicted molar refractivity (Wildman–Crippen MR) is 160 cm³/mol. The topological polar surface area (TPSA) is 44.8 Å². The van der Waals surface area contributed by atoms with Crippen molar-refractivity contribution in [1.29, 1.82) is 0 Å². The first-order valence-electron chi connectivity index (χ1n) is 14.4. The van der Waals surface area contributed by atoms with Gasteiger partial charge >= 0.3 is 5.97 Å². The van der Waals surface area contributed by atoms with Crippen LogP contribution in [0.15, 0.2) is 78.9 Å². The molecule has 0 bridgehead atoms. The zero-order chi connectivity index (χ0) is 27.8. The van der Waals surface area contributed by atoms with E-state index in [0.717, 1.165) is 53.0 Å². The highest BCUT2D eigenvalue weighted by atomic mass is 16.5. The molecule has 0 radical (unpaired) electrons. The summed E-state index contributed by atoms with van der Waals surface area (Å²) in [5.74, 6) is 1.61. The molecule has 0 aliphatic carbocycles. The molecule has 0 fully saturated rings. The normalized spacial score (nSPS) is 11.3. The Hall–Kier alpha value is -3.31. The molecule has 3 aromatic carbocycles. The van der Waals surface area contributed by atoms with Gasteiger partial charge in [0.2, 0.25) is 0 Å². The molecule has 5 nitrogen and oxygen atoms in total. The van der Waals surface area contributed by atoms with Gasteiger partial charge in [-0.15, -0.1) is 0 Å². The van der Waals surface area contributed by atoms with Gasteiger partial charge in [-0.1, -0.05) is 81.0 Å². The highest BCUT2D eigenvalue weighted by molar-refractivity contribution is 5.72. The number of quaternary nitrogens is 1. The first-order valence-corrected chi connectivity index (χ1v) is 14.4. The van der Waals surface area contributed by atoms with E-state index in [9.17, 15) is 4.79 Å². The van der Waals surface area contributed by atoms with Crippen LogP contribution in [0.3, 0.4) is 0 Å². The number of carbonyl (C=O) groups excluding carboxylic acids is 1. The van der Waals surface area contributed by atoms with Crippen LogP contribution < -0.4 is 14.0 Å². The fourth-order valence-electron chi connectivity index (χ4n) is 4.29. The first-order chi connectivity index (χ1) is 18.9. The summed E-state index contributed by atoms with van der Waals surface area (Å²) in [6.45, 7) is 1.84. The maximum Gasteiger partial charge on any atom is 0.310 e. The van der Waals surface area contributed by atoms with Crippen molar-refractivity contribution >= 4 is 11.7 Å². The van der Waals surface area contributed by atoms with Crippen LogP contribution in [0.5, 0.6) is 11.5 Å². The first kappa shape index (κ1) is 30.2. The molecular formula is C34H46NO4+. The third-order valence-electron chi connectivity index (χ3n) is 6.70. The van der Waals surface area contributed by atoms with Crippen LogP contribution in [0.1, 0.15) is 62.5 Å². The molecule has 0 aromatic heterocycles. The van der Waals surface area contributed by atoms with Crippen LogP contribution in [0.25, 0.3) is 0 Å². The van der Waals surface area contributed by atoms with Gasteiger partial charge < -0.3 is 14.2 Å². The second-order valence-electron chi connectivity index (χ2n) is 11.0. The average Bonchev–Trinajstić information content (AvgIpc) is 2.93. The molecule has 0 saturated carbocycles. The predicted octanol–water partition coefficient (Wildman–Crippen LogP) is 7.75. The smallest absolute Gasteiger partial charge is 0.310 e. The summed E-state index contributed by atoms with van der Waals surface area (Å²) in [7, 11) is 6.39. The van der Waals surface area contributed by atoms with Crippen LogP contribution in [-0.4, -0.2) is 40.3 Å². The van der Waals surface area contributed by atoms with Crippen molar-refractivity contribution in [2.24, 2.45) is 0 Å². The summed E-state index contributed by atoms with van der Waals surface area (Å²) in [4.78, 5) is 12.1. The summed E-state index contributed by atoms with van der Waals surface area (Å²) in [6, 6.07) is 26.2. The van der Waals surface area contributed by atoms with E-state index in [4.69, 9.17) is 14.2 Å². The Morgan fingerprint density at radius 1 is 0.590 bits per heavy atom. The Bertz CT molecular complexity index is 1070. The third-order valence-corrected chi connectivity index (χ3v) is 6.70. The largest absolute Gasteiger partial charge is 0.494 e. The van der Waals surface area contributed by atoms with Gasteiger partial charge in [0.05, 0.1) is 40.8 Å². The van der Waals surface area contributed by atoms with Crippen LogP contribution >= 0.6 is 0 Å². The minimum atomic E-state index is -0.137. The van der Waals surface area contributed by atoms with Gasteiger partial charge in [-0.05, 0) is 60.4 Å². The van der Waals surface area contributed by atoms with Crippen molar-refractivity contribution in [2.45, 2.75) is 64.4 Å². The molecule has 0 N–H and O–H groups in total. The van der Waals surface area contributed by atoms with Crippen molar-refractivity contribution in [3.8, 4) is 11.5 Å². The molecule has 39 heavy (non-hydrogen) atoms. The molecule has 3 rings (SSSR count). The number of unbranched alkanes of at least 4 members (excludes halogenated alkanes) is 7. The van der Waals surface area contributed by atoms with E-state index in [1.165, 1.54) is 37.8 Å². The lowest BCUT2D eigenvalue weighted by Gasteiger charge is -2.23. The van der Waals surface area contributed by atoms with Crippen molar-refractivity contribution in [1.82, 2.24) is 4.48 Å². The minimum Gasteiger partial charge on any atom is -0.494 e. The molecule has 0 aliphatic rings. The Labute approximate surface area is 235 Å². The zero-order valence-corrected chi connectivity index (χ0v) is 24.1. The lowest BCUT2D eigenvalue weighted by atomic mass is 10.1. The summed E-state index contributed by atoms with van der Waals surface area (Å²) in [5.41, 5.74) is 3.38. The molecule has 0 atom stereocenters. The number of ether oxygens (including phenoxy) is 3. The summed E-state index contributed by atoms with van der Waals surface area (Å²) in [5, 5.41) is 0. The van der Waals surface area contributed by atoms with Crippen molar-refractivity contribution in [2.75, 3.05) is 34.4 Å². The molecule has 0 saturated heterocycles. The number of hydrogen-bond acceptors (Lipinski definition) is 4. The molecule has 0 amide bonds. The molecule has 0 spiro atoms. The van der Waals surface area contributed by atoms with Gasteiger partial charge in [0, 0.05) is 0 Å². The van der Waals surface area contributed by atoms with Crippen LogP contribution in [0.4, 0.5) is 5.69 Å². The molecule has 3 aromatic rings. The Morgan fingerprint density at radius 3 is 1.72 bits per heavy atom. The highest BCUT2D eigenvalue weighted by Gasteiger charge is 2.12. The molecule has 210 valence electrons. The quantitative estimate of drug-likeness (QED) is 0.0954. The Balaban J connectivity index is 1.12. The van der Waals surface area contributed by atoms with Gasteiger partial charge in [-0.2, -0.15) is 0 Å². The zero-order valence-electron chi connectivity index (χ0n) is 24.1. The fourth-order valence-corrected chi connectivity index (χ4v) is 4.29. The van der Waals surface area contributed by atoms with Crippen LogP contribution in [0, 0.1) is 0 Å². The Morgan fingerprint density at radius 2 is 1.13 bits per heavy atom. The summed E-state index contributed by atoms with van der Waals surface area (Å²) >= 11 is 0. The van der Waals surface area contributed by atoms with E-state index in [1.54, 1.807) is 0 Å². The van der Waals surface area contributed by atoms with E-state index < -0.39 is 0 Å². The van der Waals surface area contributed by atoms with Crippen molar-refractivity contribution in [3.05, 3.63) is 90.0 Å². The highest BCUT2D eigenvalue weighted by Crippen LogP contribution is 2.20. The number of hydrogen-bond donors (Lipinski definition) is 0. The lowest BCUT2D eigenvalue weighted by molar-refractivity contribution is -0.142. The lowest BCUT2D eigenvalue weighted by Crippen LogP contribution is -2.34. The summed E-state index contributed by atoms with van der Waals surface area (Å²) < 4.78 is 17.9. The van der Waals surface area contributed by atoms with Crippen molar-refractivity contribution < 1.29 is 19.0 Å². The third kappa shape index (κ3) is 12.4.